The number of nitrogens with one attached hydrogen (secondary N) is 2. The second-order valence-corrected chi connectivity index (χ2v) is 6.01. The molecule has 1 saturated heterocycles. The van der Waals surface area contributed by atoms with Gasteiger partial charge in [-0.3, -0.25) is 4.79 Å². The Balaban J connectivity index is 2.03. The summed E-state index contributed by atoms with van der Waals surface area (Å²) < 4.78 is 5.73. The van der Waals surface area contributed by atoms with Crippen LogP contribution in [0.25, 0.3) is 0 Å². The molecule has 1 fully saturated rings. The van der Waals surface area contributed by atoms with E-state index < -0.39 is 0 Å². The van der Waals surface area contributed by atoms with Gasteiger partial charge in [0, 0.05) is 12.5 Å². The summed E-state index contributed by atoms with van der Waals surface area (Å²) >= 11 is 0. The SMILES string of the molecule is CC(C)CCC(C)NC(=O)CCOC1CCNCC1. The monoisotopic (exact) mass is 270 g/mol. The molecule has 112 valence electrons. The minimum atomic E-state index is 0.116. The molecular weight excluding hydrogens is 240 g/mol. The lowest BCUT2D eigenvalue weighted by molar-refractivity contribution is -0.123. The molecule has 0 spiro atoms. The molecule has 4 nitrogen and oxygen atoms in total. The van der Waals surface area contributed by atoms with Crippen LogP contribution in [-0.4, -0.2) is 37.7 Å². The Morgan fingerprint density at radius 3 is 2.58 bits per heavy atom. The highest BCUT2D eigenvalue weighted by atomic mass is 16.5. The molecule has 1 rings (SSSR count). The summed E-state index contributed by atoms with van der Waals surface area (Å²) in [4.78, 5) is 11.7. The number of hydrogen-bond acceptors (Lipinski definition) is 3. The maximum atomic E-state index is 11.7. The molecule has 1 aliphatic heterocycles. The zero-order chi connectivity index (χ0) is 14.1. The van der Waals surface area contributed by atoms with Crippen molar-refractivity contribution in [3.8, 4) is 0 Å². The number of rotatable bonds is 8. The van der Waals surface area contributed by atoms with Gasteiger partial charge in [0.15, 0.2) is 0 Å². The van der Waals surface area contributed by atoms with Crippen LogP contribution in [0, 0.1) is 5.92 Å². The van der Waals surface area contributed by atoms with Crippen molar-refractivity contribution >= 4 is 5.91 Å². The molecule has 1 amide bonds. The van der Waals surface area contributed by atoms with E-state index in [2.05, 4.69) is 31.4 Å². The second kappa shape index (κ2) is 9.32. The molecule has 1 atom stereocenters. The zero-order valence-corrected chi connectivity index (χ0v) is 12.7. The van der Waals surface area contributed by atoms with Crippen LogP contribution in [0.3, 0.4) is 0 Å². The van der Waals surface area contributed by atoms with E-state index in [0.29, 0.717) is 25.0 Å². The van der Waals surface area contributed by atoms with E-state index in [1.807, 2.05) is 0 Å². The van der Waals surface area contributed by atoms with Crippen molar-refractivity contribution in [2.45, 2.75) is 65.0 Å². The van der Waals surface area contributed by atoms with Gasteiger partial charge < -0.3 is 15.4 Å². The molecule has 0 aromatic carbocycles. The highest BCUT2D eigenvalue weighted by Gasteiger charge is 2.14. The van der Waals surface area contributed by atoms with Gasteiger partial charge >= 0.3 is 0 Å². The lowest BCUT2D eigenvalue weighted by Crippen LogP contribution is -2.35. The predicted molar refractivity (Wildman–Crippen MR) is 78.1 cm³/mol. The Labute approximate surface area is 117 Å². The summed E-state index contributed by atoms with van der Waals surface area (Å²) in [5.41, 5.74) is 0. The Kier molecular flexibility index (Phi) is 8.07. The molecule has 1 unspecified atom stereocenters. The van der Waals surface area contributed by atoms with Gasteiger partial charge in [-0.05, 0) is 51.6 Å². The van der Waals surface area contributed by atoms with Gasteiger partial charge in [0.05, 0.1) is 12.7 Å². The number of amides is 1. The van der Waals surface area contributed by atoms with E-state index >= 15 is 0 Å². The van der Waals surface area contributed by atoms with E-state index in [4.69, 9.17) is 4.74 Å². The number of piperidine rings is 1. The molecular formula is C15H30N2O2. The smallest absolute Gasteiger partial charge is 0.222 e. The highest BCUT2D eigenvalue weighted by Crippen LogP contribution is 2.08. The fraction of sp³-hybridized carbons (Fsp3) is 0.933. The van der Waals surface area contributed by atoms with Gasteiger partial charge in [0.1, 0.15) is 0 Å². The fourth-order valence-corrected chi connectivity index (χ4v) is 2.28. The zero-order valence-electron chi connectivity index (χ0n) is 12.7. The fourth-order valence-electron chi connectivity index (χ4n) is 2.28. The first-order valence-electron chi connectivity index (χ1n) is 7.69. The van der Waals surface area contributed by atoms with Crippen LogP contribution >= 0.6 is 0 Å². The molecule has 1 aliphatic rings. The molecule has 0 bridgehead atoms. The normalized spacial score (nSPS) is 18.5. The van der Waals surface area contributed by atoms with Crippen LogP contribution in [0.1, 0.15) is 52.9 Å². The van der Waals surface area contributed by atoms with Gasteiger partial charge in [0.2, 0.25) is 5.91 Å². The molecule has 4 heteroatoms. The largest absolute Gasteiger partial charge is 0.378 e. The average Bonchev–Trinajstić information content (AvgIpc) is 2.37. The first kappa shape index (κ1) is 16.4. The molecule has 19 heavy (non-hydrogen) atoms. The van der Waals surface area contributed by atoms with E-state index in [0.717, 1.165) is 38.8 Å². The van der Waals surface area contributed by atoms with E-state index in [-0.39, 0.29) is 11.9 Å². The topological polar surface area (TPSA) is 50.4 Å². The summed E-state index contributed by atoms with van der Waals surface area (Å²) in [6.45, 7) is 9.11. The van der Waals surface area contributed by atoms with Crippen LogP contribution in [0.5, 0.6) is 0 Å². The van der Waals surface area contributed by atoms with Crippen LogP contribution in [0.2, 0.25) is 0 Å². The van der Waals surface area contributed by atoms with Gasteiger partial charge in [-0.2, -0.15) is 0 Å². The number of carbonyl (C=O) groups is 1. The highest BCUT2D eigenvalue weighted by molar-refractivity contribution is 5.76. The molecule has 0 aromatic heterocycles. The van der Waals surface area contributed by atoms with E-state index in [9.17, 15) is 4.79 Å². The number of carbonyl (C=O) groups excluding carboxylic acids is 1. The Bertz CT molecular complexity index is 251. The van der Waals surface area contributed by atoms with Crippen molar-refractivity contribution in [3.05, 3.63) is 0 Å². The molecule has 0 radical (unpaired) electrons. The summed E-state index contributed by atoms with van der Waals surface area (Å²) in [7, 11) is 0. The standard InChI is InChI=1S/C15H30N2O2/c1-12(2)4-5-13(3)17-15(18)8-11-19-14-6-9-16-10-7-14/h12-14,16H,4-11H2,1-3H3,(H,17,18). The molecule has 0 aromatic rings. The Morgan fingerprint density at radius 2 is 1.95 bits per heavy atom. The first-order valence-corrected chi connectivity index (χ1v) is 7.69. The summed E-state index contributed by atoms with van der Waals surface area (Å²) in [6.07, 6.45) is 5.16. The van der Waals surface area contributed by atoms with Crippen LogP contribution in [0.15, 0.2) is 0 Å². The van der Waals surface area contributed by atoms with E-state index in [1.54, 1.807) is 0 Å². The molecule has 0 saturated carbocycles. The lowest BCUT2D eigenvalue weighted by Gasteiger charge is -2.23. The average molecular weight is 270 g/mol. The maximum Gasteiger partial charge on any atom is 0.222 e. The van der Waals surface area contributed by atoms with Crippen molar-refractivity contribution in [2.75, 3.05) is 19.7 Å². The van der Waals surface area contributed by atoms with Gasteiger partial charge in [-0.15, -0.1) is 0 Å². The van der Waals surface area contributed by atoms with Crippen molar-refractivity contribution in [2.24, 2.45) is 5.92 Å². The van der Waals surface area contributed by atoms with Gasteiger partial charge in [-0.25, -0.2) is 0 Å². The van der Waals surface area contributed by atoms with Crippen molar-refractivity contribution in [3.63, 3.8) is 0 Å². The minimum Gasteiger partial charge on any atom is -0.378 e. The molecule has 1 heterocycles. The van der Waals surface area contributed by atoms with Crippen LogP contribution < -0.4 is 10.6 Å². The summed E-state index contributed by atoms with van der Waals surface area (Å²) in [6, 6.07) is 0.272. The van der Waals surface area contributed by atoms with Gasteiger partial charge in [0.25, 0.3) is 0 Å². The summed E-state index contributed by atoms with van der Waals surface area (Å²) in [5.74, 6) is 0.813. The summed E-state index contributed by atoms with van der Waals surface area (Å²) in [5, 5.41) is 6.35. The minimum absolute atomic E-state index is 0.116. The molecule has 0 aliphatic carbocycles. The first-order chi connectivity index (χ1) is 9.08. The second-order valence-electron chi connectivity index (χ2n) is 6.01. The third kappa shape index (κ3) is 8.22. The third-order valence-corrected chi connectivity index (χ3v) is 3.55. The quantitative estimate of drug-likeness (QED) is 0.710. The maximum absolute atomic E-state index is 11.7. The van der Waals surface area contributed by atoms with Crippen molar-refractivity contribution in [1.82, 2.24) is 10.6 Å². The van der Waals surface area contributed by atoms with E-state index in [1.165, 1.54) is 0 Å². The number of hydrogen-bond donors (Lipinski definition) is 2. The predicted octanol–water partition coefficient (Wildman–Crippen LogP) is 2.09. The van der Waals surface area contributed by atoms with Crippen molar-refractivity contribution in [1.29, 1.82) is 0 Å². The van der Waals surface area contributed by atoms with Crippen molar-refractivity contribution < 1.29 is 9.53 Å². The van der Waals surface area contributed by atoms with Crippen LogP contribution in [0.4, 0.5) is 0 Å². The lowest BCUT2D eigenvalue weighted by atomic mass is 10.0. The molecule has 2 N–H and O–H groups in total. The third-order valence-electron chi connectivity index (χ3n) is 3.55. The number of ether oxygens (including phenoxy) is 1. The van der Waals surface area contributed by atoms with Crippen LogP contribution in [-0.2, 0) is 9.53 Å². The van der Waals surface area contributed by atoms with Gasteiger partial charge in [-0.1, -0.05) is 13.8 Å². The Morgan fingerprint density at radius 1 is 1.26 bits per heavy atom. The Hall–Kier alpha value is -0.610.